The molecule has 0 spiro atoms. The van der Waals surface area contributed by atoms with E-state index in [1.54, 1.807) is 18.2 Å². The van der Waals surface area contributed by atoms with Crippen LogP contribution in [0.25, 0.3) is 0 Å². The first-order valence-corrected chi connectivity index (χ1v) is 6.81. The zero-order valence-electron chi connectivity index (χ0n) is 12.2. The molecule has 1 saturated heterocycles. The third kappa shape index (κ3) is 5.63. The van der Waals surface area contributed by atoms with E-state index in [1.165, 1.54) is 6.08 Å². The standard InChI is InChI=1S/C16H20O6/c1-2-3-4-5-6-7-8-9-10-21-16-15(20)14(19)13(18)12(11-17)22-16/h2-3,8-9,12-20H,10-11H2,1H3. The number of aliphatic hydroxyl groups excluding tert-OH is 4. The molecule has 1 aliphatic heterocycles. The fourth-order valence-electron chi connectivity index (χ4n) is 1.70. The van der Waals surface area contributed by atoms with E-state index in [0.717, 1.165) is 0 Å². The van der Waals surface area contributed by atoms with Gasteiger partial charge in [0, 0.05) is 0 Å². The maximum Gasteiger partial charge on any atom is 0.187 e. The highest BCUT2D eigenvalue weighted by Gasteiger charge is 2.43. The topological polar surface area (TPSA) is 99.4 Å². The molecule has 0 amide bonds. The van der Waals surface area contributed by atoms with Crippen LogP contribution in [0.4, 0.5) is 0 Å². The Morgan fingerprint density at radius 3 is 2.36 bits per heavy atom. The molecule has 6 nitrogen and oxygen atoms in total. The molecule has 4 N–H and O–H groups in total. The van der Waals surface area contributed by atoms with Crippen LogP contribution in [0, 0.1) is 23.7 Å². The number of hydrogen-bond acceptors (Lipinski definition) is 6. The molecule has 1 aliphatic rings. The van der Waals surface area contributed by atoms with Crippen molar-refractivity contribution in [3.63, 3.8) is 0 Å². The molecule has 0 aromatic rings. The third-order valence-corrected chi connectivity index (χ3v) is 2.86. The number of hydrogen-bond donors (Lipinski definition) is 4. The van der Waals surface area contributed by atoms with Gasteiger partial charge in [-0.15, -0.1) is 0 Å². The summed E-state index contributed by atoms with van der Waals surface area (Å²) in [6.07, 6.45) is 0.263. The van der Waals surface area contributed by atoms with Crippen molar-refractivity contribution in [3.05, 3.63) is 24.3 Å². The van der Waals surface area contributed by atoms with Crippen LogP contribution >= 0.6 is 0 Å². The van der Waals surface area contributed by atoms with E-state index in [4.69, 9.17) is 14.6 Å². The normalized spacial score (nSPS) is 31.6. The zero-order valence-corrected chi connectivity index (χ0v) is 12.2. The average Bonchev–Trinajstić information content (AvgIpc) is 2.53. The monoisotopic (exact) mass is 308 g/mol. The average molecular weight is 308 g/mol. The molecule has 0 bridgehead atoms. The predicted octanol–water partition coefficient (Wildman–Crippen LogP) is -1.06. The van der Waals surface area contributed by atoms with Gasteiger partial charge in [-0.3, -0.25) is 0 Å². The van der Waals surface area contributed by atoms with E-state index in [9.17, 15) is 15.3 Å². The Morgan fingerprint density at radius 2 is 1.73 bits per heavy atom. The molecule has 6 heteroatoms. The largest absolute Gasteiger partial charge is 0.394 e. The second-order valence-corrected chi connectivity index (χ2v) is 4.47. The minimum atomic E-state index is -1.44. The number of ether oxygens (including phenoxy) is 2. The summed E-state index contributed by atoms with van der Waals surface area (Å²) in [5, 5.41) is 37.9. The van der Waals surface area contributed by atoms with Gasteiger partial charge in [-0.1, -0.05) is 24.0 Å². The Hall–Kier alpha value is -1.64. The van der Waals surface area contributed by atoms with Crippen LogP contribution in [0.3, 0.4) is 0 Å². The first-order valence-electron chi connectivity index (χ1n) is 6.81. The Morgan fingerprint density at radius 1 is 1.05 bits per heavy atom. The maximum absolute atomic E-state index is 9.73. The highest BCUT2D eigenvalue weighted by Crippen LogP contribution is 2.21. The second kappa shape index (κ2) is 10.1. The van der Waals surface area contributed by atoms with Crippen LogP contribution in [-0.2, 0) is 9.47 Å². The number of allylic oxidation sites excluding steroid dienone is 3. The molecule has 1 heterocycles. The van der Waals surface area contributed by atoms with Crippen molar-refractivity contribution in [1.82, 2.24) is 0 Å². The summed E-state index contributed by atoms with van der Waals surface area (Å²) in [6, 6.07) is 0. The lowest BCUT2D eigenvalue weighted by Gasteiger charge is -2.39. The summed E-state index contributed by atoms with van der Waals surface area (Å²) >= 11 is 0. The lowest BCUT2D eigenvalue weighted by molar-refractivity contribution is -0.298. The van der Waals surface area contributed by atoms with Crippen LogP contribution in [0.5, 0.6) is 0 Å². The van der Waals surface area contributed by atoms with Crippen molar-refractivity contribution in [2.75, 3.05) is 13.2 Å². The molecular weight excluding hydrogens is 288 g/mol. The summed E-state index contributed by atoms with van der Waals surface area (Å²) < 4.78 is 10.4. The van der Waals surface area contributed by atoms with Crippen molar-refractivity contribution in [3.8, 4) is 23.7 Å². The Kier molecular flexibility index (Phi) is 8.49. The van der Waals surface area contributed by atoms with Gasteiger partial charge in [0.1, 0.15) is 24.4 Å². The molecular formula is C16H20O6. The SMILES string of the molecule is CC=CC#CC#CC=CCOC1OC(CO)C(O)C(O)C1O. The van der Waals surface area contributed by atoms with Crippen molar-refractivity contribution >= 4 is 0 Å². The minimum absolute atomic E-state index is 0.0830. The van der Waals surface area contributed by atoms with Crippen molar-refractivity contribution in [2.45, 2.75) is 37.6 Å². The summed E-state index contributed by atoms with van der Waals surface area (Å²) in [5.41, 5.74) is 0. The van der Waals surface area contributed by atoms with Gasteiger partial charge >= 0.3 is 0 Å². The fourth-order valence-corrected chi connectivity index (χ4v) is 1.70. The Bertz CT molecular complexity index is 502. The quantitative estimate of drug-likeness (QED) is 0.494. The molecule has 0 aromatic heterocycles. The van der Waals surface area contributed by atoms with Crippen molar-refractivity contribution in [2.24, 2.45) is 0 Å². The van der Waals surface area contributed by atoms with E-state index < -0.39 is 37.3 Å². The van der Waals surface area contributed by atoms with E-state index >= 15 is 0 Å². The van der Waals surface area contributed by atoms with Crippen molar-refractivity contribution < 1.29 is 29.9 Å². The Labute approximate surface area is 129 Å². The summed E-state index contributed by atoms with van der Waals surface area (Å²) in [5.74, 6) is 10.6. The number of aliphatic hydroxyl groups is 4. The molecule has 22 heavy (non-hydrogen) atoms. The lowest BCUT2D eigenvalue weighted by Crippen LogP contribution is -2.59. The Balaban J connectivity index is 2.42. The second-order valence-electron chi connectivity index (χ2n) is 4.47. The number of rotatable bonds is 4. The highest BCUT2D eigenvalue weighted by molar-refractivity contribution is 5.33. The predicted molar refractivity (Wildman–Crippen MR) is 79.2 cm³/mol. The molecule has 0 radical (unpaired) electrons. The maximum atomic E-state index is 9.73. The molecule has 0 aliphatic carbocycles. The first-order chi connectivity index (χ1) is 10.6. The molecule has 1 rings (SSSR count). The smallest absolute Gasteiger partial charge is 0.187 e. The molecule has 5 unspecified atom stereocenters. The molecule has 1 fully saturated rings. The highest BCUT2D eigenvalue weighted by atomic mass is 16.7. The molecule has 120 valence electrons. The molecule has 0 saturated carbocycles. The van der Waals surface area contributed by atoms with Gasteiger partial charge in [0.15, 0.2) is 6.29 Å². The van der Waals surface area contributed by atoms with Crippen LogP contribution in [-0.4, -0.2) is 64.3 Å². The van der Waals surface area contributed by atoms with E-state index in [1.807, 2.05) is 6.92 Å². The van der Waals surface area contributed by atoms with Gasteiger partial charge in [-0.25, -0.2) is 0 Å². The van der Waals surface area contributed by atoms with Gasteiger partial charge in [0.2, 0.25) is 0 Å². The molecule has 0 aromatic carbocycles. The molecule has 5 atom stereocenters. The van der Waals surface area contributed by atoms with Crippen LogP contribution in [0.1, 0.15) is 6.92 Å². The van der Waals surface area contributed by atoms with Gasteiger partial charge in [0.25, 0.3) is 0 Å². The summed E-state index contributed by atoms with van der Waals surface area (Å²) in [7, 11) is 0. The van der Waals surface area contributed by atoms with Gasteiger partial charge in [-0.2, -0.15) is 0 Å². The zero-order chi connectivity index (χ0) is 16.4. The first kappa shape index (κ1) is 18.4. The summed E-state index contributed by atoms with van der Waals surface area (Å²) in [4.78, 5) is 0. The van der Waals surface area contributed by atoms with Crippen LogP contribution in [0.15, 0.2) is 24.3 Å². The van der Waals surface area contributed by atoms with E-state index in [2.05, 4.69) is 23.7 Å². The van der Waals surface area contributed by atoms with E-state index in [0.29, 0.717) is 0 Å². The third-order valence-electron chi connectivity index (χ3n) is 2.86. The summed E-state index contributed by atoms with van der Waals surface area (Å²) in [6.45, 7) is 1.45. The fraction of sp³-hybridized carbons (Fsp3) is 0.500. The minimum Gasteiger partial charge on any atom is -0.394 e. The van der Waals surface area contributed by atoms with Gasteiger partial charge in [-0.05, 0) is 30.9 Å². The van der Waals surface area contributed by atoms with E-state index in [-0.39, 0.29) is 6.61 Å². The van der Waals surface area contributed by atoms with Gasteiger partial charge in [0.05, 0.1) is 13.2 Å². The lowest BCUT2D eigenvalue weighted by atomic mass is 9.99. The van der Waals surface area contributed by atoms with Gasteiger partial charge < -0.3 is 29.9 Å². The van der Waals surface area contributed by atoms with Crippen LogP contribution < -0.4 is 0 Å². The van der Waals surface area contributed by atoms with Crippen LogP contribution in [0.2, 0.25) is 0 Å². The van der Waals surface area contributed by atoms with Crippen molar-refractivity contribution in [1.29, 1.82) is 0 Å².